The van der Waals surface area contributed by atoms with Crippen molar-refractivity contribution >= 4 is 50.1 Å². The summed E-state index contributed by atoms with van der Waals surface area (Å²) >= 11 is 11.3. The minimum Gasteiger partial charge on any atom is -0.276 e. The van der Waals surface area contributed by atoms with E-state index in [0.717, 1.165) is 0 Å². The highest BCUT2D eigenvalue weighted by Gasteiger charge is 2.50. The molecule has 8 heteroatoms. The lowest BCUT2D eigenvalue weighted by atomic mass is 9.95. The van der Waals surface area contributed by atoms with Gasteiger partial charge in [0.15, 0.2) is 0 Å². The van der Waals surface area contributed by atoms with Crippen molar-refractivity contribution in [2.24, 2.45) is 5.41 Å². The highest BCUT2D eigenvalue weighted by molar-refractivity contribution is 7.94. The molecule has 1 saturated heterocycles. The first-order chi connectivity index (χ1) is 9.06. The summed E-state index contributed by atoms with van der Waals surface area (Å²) in [5.41, 5.74) is -1.02. The Bertz CT molecular complexity index is 712. The largest absolute Gasteiger partial charge is 0.276 e. The first kappa shape index (κ1) is 15.3. The van der Waals surface area contributed by atoms with Crippen LogP contribution < -0.4 is 4.31 Å². The van der Waals surface area contributed by atoms with E-state index < -0.39 is 26.6 Å². The van der Waals surface area contributed by atoms with Crippen LogP contribution in [-0.4, -0.2) is 25.3 Å². The Morgan fingerprint density at radius 2 is 1.95 bits per heavy atom. The molecule has 0 saturated carbocycles. The number of benzene rings is 1. The Morgan fingerprint density at radius 3 is 2.40 bits per heavy atom. The minimum atomic E-state index is -3.82. The van der Waals surface area contributed by atoms with Gasteiger partial charge in [-0.25, -0.2) is 12.7 Å². The van der Waals surface area contributed by atoms with Gasteiger partial charge in [0.05, 0.1) is 21.9 Å². The number of carbonyl (C=O) groups excluding carboxylic acids is 2. The molecule has 1 aromatic rings. The molecule has 0 bridgehead atoms. The van der Waals surface area contributed by atoms with Crippen molar-refractivity contribution in [3.63, 3.8) is 0 Å². The highest BCUT2D eigenvalue weighted by atomic mass is 35.5. The van der Waals surface area contributed by atoms with Gasteiger partial charge in [0, 0.05) is 5.56 Å². The number of hydrogen-bond donors (Lipinski definition) is 0. The molecule has 1 amide bonds. The van der Waals surface area contributed by atoms with Crippen molar-refractivity contribution in [3.05, 3.63) is 28.8 Å². The normalized spacial score (nSPS) is 20.2. The van der Waals surface area contributed by atoms with Gasteiger partial charge in [-0.05, 0) is 43.6 Å². The zero-order valence-electron chi connectivity index (χ0n) is 10.7. The predicted molar refractivity (Wildman–Crippen MR) is 76.7 cm³/mol. The predicted octanol–water partition coefficient (Wildman–Crippen LogP) is 2.42. The highest BCUT2D eigenvalue weighted by Crippen LogP contribution is 2.39. The van der Waals surface area contributed by atoms with E-state index in [1.165, 1.54) is 32.0 Å². The van der Waals surface area contributed by atoms with Crippen LogP contribution in [0.3, 0.4) is 0 Å². The molecule has 0 radical (unpaired) electrons. The van der Waals surface area contributed by atoms with Crippen LogP contribution in [0, 0.1) is 5.41 Å². The summed E-state index contributed by atoms with van der Waals surface area (Å²) in [5.74, 6) is -0.896. The van der Waals surface area contributed by atoms with E-state index in [0.29, 0.717) is 4.31 Å². The van der Waals surface area contributed by atoms with E-state index in [2.05, 4.69) is 0 Å². The van der Waals surface area contributed by atoms with Crippen LogP contribution in [0.4, 0.5) is 5.69 Å². The van der Waals surface area contributed by atoms with Gasteiger partial charge in [0.2, 0.25) is 15.9 Å². The van der Waals surface area contributed by atoms with E-state index in [9.17, 15) is 18.0 Å². The molecule has 0 atom stereocenters. The van der Waals surface area contributed by atoms with E-state index in [1.54, 1.807) is 0 Å². The van der Waals surface area contributed by atoms with E-state index in [1.807, 2.05) is 0 Å². The van der Waals surface area contributed by atoms with Crippen molar-refractivity contribution < 1.29 is 18.0 Å². The average Bonchev–Trinajstić information content (AvgIpc) is 2.45. The van der Waals surface area contributed by atoms with Gasteiger partial charge < -0.3 is 0 Å². The average molecular weight is 336 g/mol. The summed E-state index contributed by atoms with van der Waals surface area (Å²) in [6, 6.07) is 3.90. The first-order valence-electron chi connectivity index (χ1n) is 5.63. The third kappa shape index (κ3) is 2.43. The van der Waals surface area contributed by atoms with E-state index in [4.69, 9.17) is 23.2 Å². The maximum Gasteiger partial charge on any atom is 0.252 e. The number of hydrogen-bond acceptors (Lipinski definition) is 4. The standard InChI is InChI=1S/C12H11Cl2NO4S/c1-12(2)6-20(18,19)15(11(12)17)9-5-7(10(14)16)3-4-8(9)13/h3-5H,6H2,1-2H3. The molecule has 2 rings (SSSR count). The number of rotatable bonds is 2. The number of anilines is 1. The van der Waals surface area contributed by atoms with Crippen LogP contribution >= 0.6 is 23.2 Å². The molecule has 1 aromatic carbocycles. The Balaban J connectivity index is 2.65. The third-order valence-corrected chi connectivity index (χ3v) is 5.52. The summed E-state index contributed by atoms with van der Waals surface area (Å²) in [4.78, 5) is 23.4. The van der Waals surface area contributed by atoms with Crippen LogP contribution in [0.1, 0.15) is 24.2 Å². The van der Waals surface area contributed by atoms with Gasteiger partial charge in [-0.3, -0.25) is 9.59 Å². The van der Waals surface area contributed by atoms with Gasteiger partial charge in [-0.15, -0.1) is 0 Å². The second kappa shape index (κ2) is 4.72. The van der Waals surface area contributed by atoms with Crippen molar-refractivity contribution in [2.45, 2.75) is 13.8 Å². The van der Waals surface area contributed by atoms with E-state index in [-0.39, 0.29) is 22.0 Å². The quantitative estimate of drug-likeness (QED) is 0.778. The fourth-order valence-electron chi connectivity index (χ4n) is 2.03. The van der Waals surface area contributed by atoms with Gasteiger partial charge in [-0.2, -0.15) is 0 Å². The monoisotopic (exact) mass is 335 g/mol. The lowest BCUT2D eigenvalue weighted by Crippen LogP contribution is -2.33. The molecule has 0 N–H and O–H groups in total. The van der Waals surface area contributed by atoms with Crippen molar-refractivity contribution in [1.29, 1.82) is 0 Å². The number of carbonyl (C=O) groups is 2. The fraction of sp³-hybridized carbons (Fsp3) is 0.333. The van der Waals surface area contributed by atoms with Gasteiger partial charge in [0.25, 0.3) is 5.24 Å². The fourth-order valence-corrected chi connectivity index (χ4v) is 4.52. The molecule has 5 nitrogen and oxygen atoms in total. The third-order valence-electron chi connectivity index (χ3n) is 2.98. The molecule has 0 aliphatic carbocycles. The smallest absolute Gasteiger partial charge is 0.252 e. The molecule has 1 heterocycles. The van der Waals surface area contributed by atoms with Crippen LogP contribution in [0.25, 0.3) is 0 Å². The molecule has 1 fully saturated rings. The number of halogens is 2. The summed E-state index contributed by atoms with van der Waals surface area (Å²) in [7, 11) is -3.82. The first-order valence-corrected chi connectivity index (χ1v) is 7.99. The van der Waals surface area contributed by atoms with Crippen molar-refractivity contribution in [3.8, 4) is 0 Å². The molecule has 0 spiro atoms. The topological polar surface area (TPSA) is 71.5 Å². The summed E-state index contributed by atoms with van der Waals surface area (Å²) in [5, 5.41) is -0.701. The molecule has 20 heavy (non-hydrogen) atoms. The van der Waals surface area contributed by atoms with Crippen LogP contribution in [-0.2, 0) is 14.8 Å². The zero-order chi connectivity index (χ0) is 15.3. The van der Waals surface area contributed by atoms with Crippen LogP contribution in [0.5, 0.6) is 0 Å². The maximum atomic E-state index is 12.2. The van der Waals surface area contributed by atoms with Crippen LogP contribution in [0.15, 0.2) is 18.2 Å². The molecule has 108 valence electrons. The van der Waals surface area contributed by atoms with Gasteiger partial charge in [0.1, 0.15) is 0 Å². The Kier molecular flexibility index (Phi) is 3.60. The van der Waals surface area contributed by atoms with Crippen molar-refractivity contribution in [2.75, 3.05) is 10.1 Å². The molecule has 0 unspecified atom stereocenters. The molecular formula is C12H11Cl2NO4S. The van der Waals surface area contributed by atoms with Crippen LogP contribution in [0.2, 0.25) is 5.02 Å². The number of nitrogens with zero attached hydrogens (tertiary/aromatic N) is 1. The number of amides is 1. The van der Waals surface area contributed by atoms with Crippen molar-refractivity contribution in [1.82, 2.24) is 0 Å². The maximum absolute atomic E-state index is 12.2. The Morgan fingerprint density at radius 1 is 1.35 bits per heavy atom. The second-order valence-corrected chi connectivity index (χ2v) is 7.72. The second-order valence-electron chi connectivity index (χ2n) is 5.15. The zero-order valence-corrected chi connectivity index (χ0v) is 13.0. The molecular weight excluding hydrogens is 325 g/mol. The lowest BCUT2D eigenvalue weighted by molar-refractivity contribution is -0.123. The Hall–Kier alpha value is -1.11. The molecule has 1 aliphatic heterocycles. The summed E-state index contributed by atoms with van der Waals surface area (Å²) < 4.78 is 25.0. The SMILES string of the molecule is CC1(C)CS(=O)(=O)N(c2cc(C(=O)Cl)ccc2Cl)C1=O. The van der Waals surface area contributed by atoms with E-state index >= 15 is 0 Å². The minimum absolute atomic E-state index is 0.0475. The molecule has 1 aliphatic rings. The lowest BCUT2D eigenvalue weighted by Gasteiger charge is -2.19. The van der Waals surface area contributed by atoms with Gasteiger partial charge >= 0.3 is 0 Å². The summed E-state index contributed by atoms with van der Waals surface area (Å²) in [6.45, 7) is 3.08. The Labute approximate surface area is 126 Å². The molecule has 0 aromatic heterocycles. The number of sulfonamides is 1. The van der Waals surface area contributed by atoms with Gasteiger partial charge in [-0.1, -0.05) is 11.6 Å². The summed E-state index contributed by atoms with van der Waals surface area (Å²) in [6.07, 6.45) is 0.